The van der Waals surface area contributed by atoms with Gasteiger partial charge in [-0.15, -0.1) is 0 Å². The number of fused-ring (bicyclic) bond motifs is 1. The number of piperazine rings is 1. The van der Waals surface area contributed by atoms with E-state index in [0.29, 0.717) is 0 Å². The van der Waals surface area contributed by atoms with Gasteiger partial charge in [-0.05, 0) is 55.2 Å². The molecule has 0 bridgehead atoms. The van der Waals surface area contributed by atoms with Crippen molar-refractivity contribution in [2.45, 2.75) is 52.2 Å². The van der Waals surface area contributed by atoms with Gasteiger partial charge in [-0.3, -0.25) is 4.90 Å². The first-order valence-corrected chi connectivity index (χ1v) is 12.2. The Morgan fingerprint density at radius 3 is 2.27 bits per heavy atom. The molecule has 4 nitrogen and oxygen atoms in total. The summed E-state index contributed by atoms with van der Waals surface area (Å²) in [5.41, 5.74) is 2.68. The predicted octanol–water partition coefficient (Wildman–Crippen LogP) is 4.98. The monoisotopic (exact) mass is 432 g/mol. The molecule has 1 aromatic carbocycles. The Balaban J connectivity index is 1.10. The fourth-order valence-corrected chi connectivity index (χ4v) is 6.49. The molecule has 1 spiro atoms. The van der Waals surface area contributed by atoms with Crippen molar-refractivity contribution in [2.75, 3.05) is 50.8 Å². The van der Waals surface area contributed by atoms with Gasteiger partial charge in [0.1, 0.15) is 0 Å². The molecule has 0 radical (unpaired) electrons. The van der Waals surface area contributed by atoms with Crippen LogP contribution in [-0.4, -0.2) is 56.6 Å². The van der Waals surface area contributed by atoms with Crippen molar-refractivity contribution in [3.05, 3.63) is 28.8 Å². The zero-order valence-corrected chi connectivity index (χ0v) is 19.6. The van der Waals surface area contributed by atoms with Crippen molar-refractivity contribution in [3.8, 4) is 0 Å². The molecule has 2 aliphatic heterocycles. The van der Waals surface area contributed by atoms with Gasteiger partial charge in [0, 0.05) is 61.7 Å². The van der Waals surface area contributed by atoms with Crippen LogP contribution in [0.2, 0.25) is 5.02 Å². The Kier molecular flexibility index (Phi) is 5.58. The van der Waals surface area contributed by atoms with Gasteiger partial charge in [0.25, 0.3) is 0 Å². The second-order valence-electron chi connectivity index (χ2n) is 11.1. The van der Waals surface area contributed by atoms with Gasteiger partial charge in [-0.2, -0.15) is 0 Å². The highest BCUT2D eigenvalue weighted by molar-refractivity contribution is 6.31. The quantitative estimate of drug-likeness (QED) is 0.672. The smallest absolute Gasteiger partial charge is 0.168 e. The van der Waals surface area contributed by atoms with Crippen LogP contribution in [-0.2, 0) is 9.47 Å². The minimum absolute atomic E-state index is 0.164. The van der Waals surface area contributed by atoms with Gasteiger partial charge in [0.2, 0.25) is 0 Å². The van der Waals surface area contributed by atoms with Crippen molar-refractivity contribution < 1.29 is 9.47 Å². The first kappa shape index (κ1) is 21.1. The summed E-state index contributed by atoms with van der Waals surface area (Å²) >= 11 is 6.33. The van der Waals surface area contributed by atoms with Crippen LogP contribution in [0.4, 0.5) is 5.69 Å². The fraction of sp³-hybridized carbons (Fsp3) is 0.760. The first-order chi connectivity index (χ1) is 14.3. The zero-order valence-electron chi connectivity index (χ0n) is 18.8. The lowest BCUT2D eigenvalue weighted by Crippen LogP contribution is -2.48. The molecule has 30 heavy (non-hydrogen) atoms. The van der Waals surface area contributed by atoms with E-state index >= 15 is 0 Å². The molecule has 2 aliphatic carbocycles. The van der Waals surface area contributed by atoms with E-state index in [1.54, 1.807) is 0 Å². The number of anilines is 1. The maximum Gasteiger partial charge on any atom is 0.168 e. The van der Waals surface area contributed by atoms with E-state index in [-0.39, 0.29) is 11.2 Å². The maximum absolute atomic E-state index is 6.33. The summed E-state index contributed by atoms with van der Waals surface area (Å²) in [7, 11) is 0. The Morgan fingerprint density at radius 2 is 1.63 bits per heavy atom. The molecule has 0 amide bonds. The van der Waals surface area contributed by atoms with Crippen LogP contribution in [0.15, 0.2) is 18.2 Å². The van der Waals surface area contributed by atoms with Gasteiger partial charge in [0.05, 0.1) is 13.2 Å². The lowest BCUT2D eigenvalue weighted by Gasteiger charge is -2.42. The summed E-state index contributed by atoms with van der Waals surface area (Å²) < 4.78 is 12.6. The zero-order chi connectivity index (χ0) is 20.9. The molecule has 5 heteroatoms. The van der Waals surface area contributed by atoms with Crippen molar-refractivity contribution in [1.29, 1.82) is 0 Å². The first-order valence-electron chi connectivity index (χ1n) is 11.8. The highest BCUT2D eigenvalue weighted by Gasteiger charge is 2.53. The normalized spacial score (nSPS) is 33.2. The third-order valence-corrected chi connectivity index (χ3v) is 8.42. The summed E-state index contributed by atoms with van der Waals surface area (Å²) in [5, 5.41) is 0.875. The maximum atomic E-state index is 6.33. The third kappa shape index (κ3) is 4.13. The molecule has 2 heterocycles. The Morgan fingerprint density at radius 1 is 1.00 bits per heavy atom. The van der Waals surface area contributed by atoms with Gasteiger partial charge in [-0.25, -0.2) is 0 Å². The molecule has 4 aliphatic rings. The van der Waals surface area contributed by atoms with Crippen LogP contribution in [0.1, 0.15) is 45.1 Å². The summed E-state index contributed by atoms with van der Waals surface area (Å²) in [6, 6.07) is 6.27. The molecular formula is C25H37ClN2O2. The van der Waals surface area contributed by atoms with Crippen LogP contribution in [0, 0.1) is 30.1 Å². The van der Waals surface area contributed by atoms with Crippen molar-refractivity contribution in [2.24, 2.45) is 23.2 Å². The Labute approximate surface area is 186 Å². The second kappa shape index (κ2) is 7.95. The Bertz CT molecular complexity index is 748. The van der Waals surface area contributed by atoms with Crippen LogP contribution < -0.4 is 4.90 Å². The number of nitrogens with zero attached hydrogens (tertiary/aromatic N) is 2. The number of halogens is 1. The van der Waals surface area contributed by atoms with Crippen molar-refractivity contribution in [1.82, 2.24) is 4.90 Å². The van der Waals surface area contributed by atoms with E-state index in [1.807, 2.05) is 6.07 Å². The van der Waals surface area contributed by atoms with Gasteiger partial charge >= 0.3 is 0 Å². The van der Waals surface area contributed by atoms with E-state index in [0.717, 1.165) is 75.0 Å². The van der Waals surface area contributed by atoms with Crippen molar-refractivity contribution in [3.63, 3.8) is 0 Å². The van der Waals surface area contributed by atoms with Crippen LogP contribution in [0.5, 0.6) is 0 Å². The largest absolute Gasteiger partial charge is 0.369 e. The second-order valence-corrected chi connectivity index (χ2v) is 11.5. The minimum Gasteiger partial charge on any atom is -0.369 e. The number of benzene rings is 1. The average Bonchev–Trinajstić information content (AvgIpc) is 3.23. The molecule has 0 aromatic heterocycles. The molecule has 2 atom stereocenters. The summed E-state index contributed by atoms with van der Waals surface area (Å²) in [6.07, 6.45) is 4.95. The molecule has 1 aromatic rings. The summed E-state index contributed by atoms with van der Waals surface area (Å²) in [5.74, 6) is 2.19. The topological polar surface area (TPSA) is 24.9 Å². The molecule has 4 fully saturated rings. The minimum atomic E-state index is -0.254. The Hall–Kier alpha value is -0.810. The highest BCUT2D eigenvalue weighted by atomic mass is 35.5. The molecule has 166 valence electrons. The molecule has 2 unspecified atom stereocenters. The lowest BCUT2D eigenvalue weighted by molar-refractivity contribution is -0.297. The SMILES string of the molecule is Cc1c(Cl)cccc1N1CCN(CC2CC3CC4(CC3C2)OCC(C)(C)CO4)CC1. The van der Waals surface area contributed by atoms with E-state index in [9.17, 15) is 0 Å². The standard InChI is InChI=1S/C25H37ClN2O2/c1-18-22(26)5-4-6-23(18)28-9-7-27(8-10-28)15-19-11-20-13-25(14-21(20)12-19)29-16-24(2,3)17-30-25/h4-6,19-21H,7-17H2,1-3H3. The highest BCUT2D eigenvalue weighted by Crippen LogP contribution is 2.54. The molecule has 0 N–H and O–H groups in total. The molecular weight excluding hydrogens is 396 g/mol. The van der Waals surface area contributed by atoms with E-state index in [2.05, 4.69) is 42.7 Å². The molecule has 2 saturated carbocycles. The molecule has 5 rings (SSSR count). The van der Waals surface area contributed by atoms with Gasteiger partial charge in [0.15, 0.2) is 5.79 Å². The van der Waals surface area contributed by atoms with Gasteiger partial charge < -0.3 is 14.4 Å². The predicted molar refractivity (Wildman–Crippen MR) is 122 cm³/mol. The lowest BCUT2D eigenvalue weighted by atomic mass is 9.93. The van der Waals surface area contributed by atoms with Crippen LogP contribution >= 0.6 is 11.6 Å². The number of rotatable bonds is 3. The number of hydrogen-bond donors (Lipinski definition) is 0. The van der Waals surface area contributed by atoms with E-state index in [1.165, 1.54) is 30.6 Å². The number of ether oxygens (including phenoxy) is 2. The third-order valence-electron chi connectivity index (χ3n) is 8.01. The average molecular weight is 433 g/mol. The van der Waals surface area contributed by atoms with Crippen LogP contribution in [0.3, 0.4) is 0 Å². The molecule has 2 saturated heterocycles. The van der Waals surface area contributed by atoms with E-state index < -0.39 is 0 Å². The van der Waals surface area contributed by atoms with E-state index in [4.69, 9.17) is 21.1 Å². The van der Waals surface area contributed by atoms with Crippen molar-refractivity contribution >= 4 is 17.3 Å². The summed E-state index contributed by atoms with van der Waals surface area (Å²) in [6.45, 7) is 14.1. The van der Waals surface area contributed by atoms with Gasteiger partial charge in [-0.1, -0.05) is 31.5 Å². The fourth-order valence-electron chi connectivity index (χ4n) is 6.32. The summed E-state index contributed by atoms with van der Waals surface area (Å²) in [4.78, 5) is 5.19. The van der Waals surface area contributed by atoms with Crippen LogP contribution in [0.25, 0.3) is 0 Å². The number of hydrogen-bond acceptors (Lipinski definition) is 4.